The Morgan fingerprint density at radius 2 is 1.79 bits per heavy atom. The number of imide groups is 1. The van der Waals surface area contributed by atoms with Gasteiger partial charge in [-0.3, -0.25) is 24.3 Å². The van der Waals surface area contributed by atoms with Crippen molar-refractivity contribution < 1.29 is 9.59 Å². The van der Waals surface area contributed by atoms with Gasteiger partial charge in [0.2, 0.25) is 11.8 Å². The number of carbonyl (C=O) groups excluding carboxylic acids is 2. The predicted octanol–water partition coefficient (Wildman–Crippen LogP) is 4.16. The van der Waals surface area contributed by atoms with Crippen LogP contribution in [0.5, 0.6) is 0 Å². The molecular formula is C24H18ClN3O3S2. The summed E-state index contributed by atoms with van der Waals surface area (Å²) in [5, 5.41) is 1.66. The van der Waals surface area contributed by atoms with E-state index in [2.05, 4.69) is 16.0 Å². The number of pyridine rings is 1. The molecule has 166 valence electrons. The van der Waals surface area contributed by atoms with Crippen molar-refractivity contribution in [2.75, 3.05) is 4.90 Å². The highest BCUT2D eigenvalue weighted by Gasteiger charge is 2.69. The molecule has 4 aliphatic rings. The highest BCUT2D eigenvalue weighted by Crippen LogP contribution is 2.68. The molecular weight excluding hydrogens is 478 g/mol. The summed E-state index contributed by atoms with van der Waals surface area (Å²) < 4.78 is 0. The van der Waals surface area contributed by atoms with Crippen LogP contribution in [0.4, 0.5) is 5.69 Å². The number of aromatic nitrogens is 2. The van der Waals surface area contributed by atoms with E-state index < -0.39 is 0 Å². The molecule has 3 aromatic rings. The standard InChI is InChI=1S/C24H18ClN3O3S2/c25-11-3-5-12(6-4-11)28-22(29)17-13-8-14(18(17)23(28)30)19-16(13)15(10-2-1-7-26-9-10)20-21(32-19)27-24(31)33-20/h1-7,9,13-19H,8H2,(H,27,31)/t13-,14-,15-,16-,17+,18-,19-/m1/s1. The number of hydrogen-bond acceptors (Lipinski definition) is 6. The summed E-state index contributed by atoms with van der Waals surface area (Å²) in [7, 11) is 0. The molecule has 2 amide bonds. The summed E-state index contributed by atoms with van der Waals surface area (Å²) in [5.41, 5.74) is 1.66. The van der Waals surface area contributed by atoms with Crippen LogP contribution in [0.3, 0.4) is 0 Å². The first-order valence-electron chi connectivity index (χ1n) is 11.0. The Bertz CT molecular complexity index is 1360. The predicted molar refractivity (Wildman–Crippen MR) is 127 cm³/mol. The molecule has 4 heterocycles. The van der Waals surface area contributed by atoms with E-state index in [-0.39, 0.29) is 57.4 Å². The van der Waals surface area contributed by atoms with Gasteiger partial charge in [0.25, 0.3) is 0 Å². The van der Waals surface area contributed by atoms with Crippen molar-refractivity contribution in [3.63, 3.8) is 0 Å². The van der Waals surface area contributed by atoms with E-state index in [1.807, 2.05) is 12.3 Å². The molecule has 2 bridgehead atoms. The number of aromatic amines is 1. The van der Waals surface area contributed by atoms with Crippen LogP contribution in [-0.4, -0.2) is 27.0 Å². The molecule has 1 aromatic carbocycles. The molecule has 0 radical (unpaired) electrons. The van der Waals surface area contributed by atoms with Crippen molar-refractivity contribution in [2.24, 2.45) is 29.6 Å². The maximum absolute atomic E-state index is 13.6. The molecule has 2 aliphatic carbocycles. The number of H-pyrrole nitrogens is 1. The highest BCUT2D eigenvalue weighted by atomic mass is 35.5. The molecule has 7 atom stereocenters. The summed E-state index contributed by atoms with van der Waals surface area (Å²) in [6.45, 7) is 0. The molecule has 2 aliphatic heterocycles. The third-order valence-corrected chi connectivity index (χ3v) is 10.7. The van der Waals surface area contributed by atoms with E-state index in [1.165, 1.54) is 16.2 Å². The molecule has 7 rings (SSSR count). The van der Waals surface area contributed by atoms with Crippen LogP contribution in [0, 0.1) is 29.6 Å². The second-order valence-electron chi connectivity index (χ2n) is 9.24. The van der Waals surface area contributed by atoms with Gasteiger partial charge < -0.3 is 4.98 Å². The monoisotopic (exact) mass is 495 g/mol. The van der Waals surface area contributed by atoms with Crippen molar-refractivity contribution in [2.45, 2.75) is 22.6 Å². The van der Waals surface area contributed by atoms with E-state index >= 15 is 0 Å². The summed E-state index contributed by atoms with van der Waals surface area (Å²) in [6, 6.07) is 10.9. The van der Waals surface area contributed by atoms with E-state index in [4.69, 9.17) is 11.6 Å². The molecule has 0 spiro atoms. The number of anilines is 1. The van der Waals surface area contributed by atoms with Crippen LogP contribution in [0.25, 0.3) is 0 Å². The van der Waals surface area contributed by atoms with Crippen LogP contribution >= 0.6 is 34.7 Å². The topological polar surface area (TPSA) is 83.1 Å². The highest BCUT2D eigenvalue weighted by molar-refractivity contribution is 8.00. The molecule has 3 fully saturated rings. The molecule has 0 unspecified atom stereocenters. The smallest absolute Gasteiger partial charge is 0.305 e. The van der Waals surface area contributed by atoms with Gasteiger partial charge in [-0.05, 0) is 60.1 Å². The SMILES string of the molecule is O=C1[C@@H]2[C@H]3C[C@@H]([C@@H]2C(=O)N1c1ccc(Cl)cc1)[C@@H]1[C@@H](c2cccnc2)c2sc(=O)[nH]c2S[C@H]31. The number of thiazole rings is 1. The normalized spacial score (nSPS) is 33.8. The first-order valence-corrected chi connectivity index (χ1v) is 13.0. The third-order valence-electron chi connectivity index (χ3n) is 7.85. The zero-order chi connectivity index (χ0) is 22.4. The van der Waals surface area contributed by atoms with Gasteiger partial charge in [-0.15, -0.1) is 11.8 Å². The van der Waals surface area contributed by atoms with E-state index in [9.17, 15) is 14.4 Å². The maximum atomic E-state index is 13.6. The molecule has 9 heteroatoms. The number of fused-ring (bicyclic) bond motifs is 9. The fourth-order valence-corrected chi connectivity index (χ4v) is 9.81. The average Bonchev–Trinajstić information content (AvgIpc) is 3.54. The Labute approximate surface area is 202 Å². The number of rotatable bonds is 2. The Morgan fingerprint density at radius 1 is 1.03 bits per heavy atom. The Morgan fingerprint density at radius 3 is 2.52 bits per heavy atom. The molecule has 1 saturated heterocycles. The van der Waals surface area contributed by atoms with E-state index in [1.54, 1.807) is 42.2 Å². The molecule has 1 N–H and O–H groups in total. The second kappa shape index (κ2) is 7.04. The van der Waals surface area contributed by atoms with Crippen molar-refractivity contribution in [3.8, 4) is 0 Å². The van der Waals surface area contributed by atoms with Crippen molar-refractivity contribution in [1.82, 2.24) is 9.97 Å². The quantitative estimate of drug-likeness (QED) is 0.540. The van der Waals surface area contributed by atoms with Gasteiger partial charge in [-0.1, -0.05) is 29.0 Å². The lowest BCUT2D eigenvalue weighted by atomic mass is 9.68. The van der Waals surface area contributed by atoms with Gasteiger partial charge in [0, 0.05) is 33.5 Å². The van der Waals surface area contributed by atoms with Crippen LogP contribution < -0.4 is 9.77 Å². The molecule has 2 saturated carbocycles. The zero-order valence-corrected chi connectivity index (χ0v) is 19.6. The van der Waals surface area contributed by atoms with Gasteiger partial charge in [-0.2, -0.15) is 0 Å². The summed E-state index contributed by atoms with van der Waals surface area (Å²) >= 11 is 8.98. The number of halogens is 1. The van der Waals surface area contributed by atoms with Crippen LogP contribution in [0.2, 0.25) is 5.02 Å². The number of nitrogens with zero attached hydrogens (tertiary/aromatic N) is 2. The van der Waals surface area contributed by atoms with Gasteiger partial charge in [0.1, 0.15) is 0 Å². The summed E-state index contributed by atoms with van der Waals surface area (Å²) in [4.78, 5) is 49.2. The van der Waals surface area contributed by atoms with Crippen LogP contribution in [0.1, 0.15) is 22.8 Å². The largest absolute Gasteiger partial charge is 0.307 e. The van der Waals surface area contributed by atoms with Gasteiger partial charge in [0.05, 0.1) is 22.5 Å². The lowest BCUT2D eigenvalue weighted by molar-refractivity contribution is -0.123. The lowest BCUT2D eigenvalue weighted by Crippen LogP contribution is -2.42. The first-order chi connectivity index (χ1) is 16.0. The van der Waals surface area contributed by atoms with Crippen molar-refractivity contribution >= 4 is 52.2 Å². The number of amides is 2. The fourth-order valence-electron chi connectivity index (χ4n) is 6.79. The Balaban J connectivity index is 1.33. The fraction of sp³-hybridized carbons (Fsp3) is 0.333. The van der Waals surface area contributed by atoms with Gasteiger partial charge >= 0.3 is 4.87 Å². The Hall–Kier alpha value is -2.42. The minimum absolute atomic E-state index is 0.00679. The number of carbonyl (C=O) groups is 2. The minimum atomic E-state index is -0.309. The zero-order valence-electron chi connectivity index (χ0n) is 17.2. The summed E-state index contributed by atoms with van der Waals surface area (Å²) in [5.74, 6) is -0.396. The molecule has 33 heavy (non-hydrogen) atoms. The molecule has 6 nitrogen and oxygen atoms in total. The average molecular weight is 496 g/mol. The first kappa shape index (κ1) is 20.0. The molecule has 2 aromatic heterocycles. The lowest BCUT2D eigenvalue weighted by Gasteiger charge is -2.42. The minimum Gasteiger partial charge on any atom is -0.307 e. The van der Waals surface area contributed by atoms with Crippen LogP contribution in [0.15, 0.2) is 58.6 Å². The maximum Gasteiger partial charge on any atom is 0.305 e. The van der Waals surface area contributed by atoms with Crippen LogP contribution in [-0.2, 0) is 9.59 Å². The number of nitrogens with one attached hydrogen (secondary N) is 1. The number of thioether (sulfide) groups is 1. The Kier molecular flexibility index (Phi) is 4.27. The van der Waals surface area contributed by atoms with E-state index in [0.29, 0.717) is 10.7 Å². The van der Waals surface area contributed by atoms with Gasteiger partial charge in [-0.25, -0.2) is 0 Å². The number of benzene rings is 1. The van der Waals surface area contributed by atoms with Crippen molar-refractivity contribution in [1.29, 1.82) is 0 Å². The second-order valence-corrected chi connectivity index (χ2v) is 11.9. The third kappa shape index (κ3) is 2.68. The number of hydrogen-bond donors (Lipinski definition) is 1. The summed E-state index contributed by atoms with van der Waals surface area (Å²) in [6.07, 6.45) is 4.50. The van der Waals surface area contributed by atoms with Crippen molar-refractivity contribution in [3.05, 3.63) is 73.9 Å². The van der Waals surface area contributed by atoms with Gasteiger partial charge in [0.15, 0.2) is 0 Å². The van der Waals surface area contributed by atoms with E-state index in [0.717, 1.165) is 21.9 Å².